The molecule has 0 rings (SSSR count). The highest BCUT2D eigenvalue weighted by Gasteiger charge is 2.15. The third-order valence-electron chi connectivity index (χ3n) is 1.06. The highest BCUT2D eigenvalue weighted by Crippen LogP contribution is 2.06. The van der Waals surface area contributed by atoms with E-state index in [9.17, 15) is 4.79 Å². The van der Waals surface area contributed by atoms with Gasteiger partial charge in [0.15, 0.2) is 0 Å². The van der Waals surface area contributed by atoms with Gasteiger partial charge in [-0.15, -0.1) is 0 Å². The van der Waals surface area contributed by atoms with E-state index in [1.54, 1.807) is 0 Å². The van der Waals surface area contributed by atoms with Crippen molar-refractivity contribution in [2.45, 2.75) is 39.3 Å². The molecule has 0 aromatic rings. The van der Waals surface area contributed by atoms with E-state index >= 15 is 0 Å². The smallest absolute Gasteiger partial charge is 0.300 e. The number of hydrogen-bond acceptors (Lipinski definition) is 4. The molecule has 0 bridgehead atoms. The van der Waals surface area contributed by atoms with Crippen molar-refractivity contribution in [2.24, 2.45) is 11.5 Å². The summed E-state index contributed by atoms with van der Waals surface area (Å²) >= 11 is 0. The SMILES string of the molecule is CC(=O)O.CC(C)(C)OC[C@H](N)C(N)=O. The quantitative estimate of drug-likeness (QED) is 0.604. The maximum Gasteiger partial charge on any atom is 0.300 e. The lowest BCUT2D eigenvalue weighted by Gasteiger charge is -2.20. The standard InChI is InChI=1S/C7H16N2O2.C2H4O2/c1-7(2,3)11-4-5(8)6(9)10;1-2(3)4/h5H,4,8H2,1-3H3,(H2,9,10);1H3,(H,3,4)/t5-;/m0./s1. The molecule has 0 aromatic heterocycles. The van der Waals surface area contributed by atoms with Crippen molar-refractivity contribution in [1.82, 2.24) is 0 Å². The third kappa shape index (κ3) is 19.3. The molecule has 1 amide bonds. The monoisotopic (exact) mass is 220 g/mol. The zero-order chi connectivity index (χ0) is 12.6. The number of hydrogen-bond donors (Lipinski definition) is 3. The Bertz CT molecular complexity index is 207. The van der Waals surface area contributed by atoms with E-state index in [-0.39, 0.29) is 12.2 Å². The second kappa shape index (κ2) is 7.19. The van der Waals surface area contributed by atoms with Crippen LogP contribution >= 0.6 is 0 Å². The number of primary amides is 1. The fourth-order valence-electron chi connectivity index (χ4n) is 0.422. The number of aliphatic carboxylic acids is 1. The maximum atomic E-state index is 10.4. The number of ether oxygens (including phenoxy) is 1. The van der Waals surface area contributed by atoms with E-state index in [4.69, 9.17) is 26.1 Å². The molecule has 6 nitrogen and oxygen atoms in total. The van der Waals surface area contributed by atoms with Gasteiger partial charge in [0.25, 0.3) is 5.97 Å². The predicted molar refractivity (Wildman–Crippen MR) is 56.2 cm³/mol. The van der Waals surface area contributed by atoms with Crippen molar-refractivity contribution in [3.63, 3.8) is 0 Å². The number of carboxylic acid groups (broad SMARTS) is 1. The molecule has 90 valence electrons. The van der Waals surface area contributed by atoms with Crippen molar-refractivity contribution in [3.05, 3.63) is 0 Å². The molecule has 0 saturated carbocycles. The molecular weight excluding hydrogens is 200 g/mol. The van der Waals surface area contributed by atoms with Gasteiger partial charge in [0, 0.05) is 6.92 Å². The number of nitrogens with two attached hydrogens (primary N) is 2. The van der Waals surface area contributed by atoms with Gasteiger partial charge in [-0.3, -0.25) is 9.59 Å². The first-order valence-electron chi connectivity index (χ1n) is 4.44. The van der Waals surface area contributed by atoms with Crippen LogP contribution in [0.5, 0.6) is 0 Å². The molecule has 0 radical (unpaired) electrons. The van der Waals surface area contributed by atoms with E-state index in [0.717, 1.165) is 6.92 Å². The van der Waals surface area contributed by atoms with E-state index in [2.05, 4.69) is 0 Å². The predicted octanol–water partition coefficient (Wildman–Crippen LogP) is -0.295. The summed E-state index contributed by atoms with van der Waals surface area (Å²) in [5.41, 5.74) is 9.97. The van der Waals surface area contributed by atoms with Crippen LogP contribution in [0.25, 0.3) is 0 Å². The van der Waals surface area contributed by atoms with Crippen LogP contribution in [0.2, 0.25) is 0 Å². The van der Waals surface area contributed by atoms with Gasteiger partial charge in [0.1, 0.15) is 6.04 Å². The first-order valence-corrected chi connectivity index (χ1v) is 4.44. The zero-order valence-electron chi connectivity index (χ0n) is 9.61. The highest BCUT2D eigenvalue weighted by molar-refractivity contribution is 5.79. The molecule has 5 N–H and O–H groups in total. The molecule has 0 saturated heterocycles. The lowest BCUT2D eigenvalue weighted by atomic mass is 10.2. The van der Waals surface area contributed by atoms with Crippen molar-refractivity contribution < 1.29 is 19.4 Å². The average molecular weight is 220 g/mol. The molecule has 0 spiro atoms. The minimum absolute atomic E-state index is 0.179. The lowest BCUT2D eigenvalue weighted by molar-refractivity contribution is -0.134. The number of carbonyl (C=O) groups is 2. The van der Waals surface area contributed by atoms with Crippen LogP contribution in [-0.4, -0.2) is 35.2 Å². The molecule has 6 heteroatoms. The number of carbonyl (C=O) groups excluding carboxylic acids is 1. The van der Waals surface area contributed by atoms with Gasteiger partial charge in [-0.05, 0) is 20.8 Å². The number of carboxylic acids is 1. The largest absolute Gasteiger partial charge is 0.481 e. The third-order valence-corrected chi connectivity index (χ3v) is 1.06. The van der Waals surface area contributed by atoms with Gasteiger partial charge < -0.3 is 21.3 Å². The first kappa shape index (κ1) is 16.3. The summed E-state index contributed by atoms with van der Waals surface area (Å²) in [4.78, 5) is 19.4. The molecule has 1 atom stereocenters. The van der Waals surface area contributed by atoms with Crippen LogP contribution in [0.3, 0.4) is 0 Å². The molecule has 0 aliphatic heterocycles. The van der Waals surface area contributed by atoms with Crippen LogP contribution in [0.4, 0.5) is 0 Å². The first-order chi connectivity index (χ1) is 6.56. The van der Waals surface area contributed by atoms with E-state index in [1.165, 1.54) is 0 Å². The minimum atomic E-state index is -0.833. The summed E-state index contributed by atoms with van der Waals surface area (Å²) in [6.07, 6.45) is 0. The second-order valence-electron chi connectivity index (χ2n) is 3.95. The van der Waals surface area contributed by atoms with Crippen molar-refractivity contribution in [1.29, 1.82) is 0 Å². The summed E-state index contributed by atoms with van der Waals surface area (Å²) < 4.78 is 5.23. The van der Waals surface area contributed by atoms with Crippen LogP contribution in [0, 0.1) is 0 Å². The lowest BCUT2D eigenvalue weighted by Crippen LogP contribution is -2.42. The number of amides is 1. The summed E-state index contributed by atoms with van der Waals surface area (Å²) in [7, 11) is 0. The maximum absolute atomic E-state index is 10.4. The van der Waals surface area contributed by atoms with Gasteiger partial charge in [0.05, 0.1) is 12.2 Å². The average Bonchev–Trinajstić information content (AvgIpc) is 1.97. The van der Waals surface area contributed by atoms with E-state index < -0.39 is 17.9 Å². The molecule has 0 aromatic carbocycles. The Balaban J connectivity index is 0. The molecule has 0 heterocycles. The summed E-state index contributed by atoms with van der Waals surface area (Å²) in [6.45, 7) is 6.93. The molecule has 15 heavy (non-hydrogen) atoms. The Labute approximate surface area is 89.6 Å². The summed E-state index contributed by atoms with van der Waals surface area (Å²) in [6, 6.07) is -0.700. The van der Waals surface area contributed by atoms with Crippen LogP contribution in [-0.2, 0) is 14.3 Å². The van der Waals surface area contributed by atoms with Gasteiger partial charge in [0.2, 0.25) is 5.91 Å². The van der Waals surface area contributed by atoms with Crippen LogP contribution < -0.4 is 11.5 Å². The Kier molecular flexibility index (Phi) is 7.81. The Morgan fingerprint density at radius 1 is 1.40 bits per heavy atom. The normalized spacial score (nSPS) is 12.3. The van der Waals surface area contributed by atoms with E-state index in [0.29, 0.717) is 0 Å². The Morgan fingerprint density at radius 2 is 1.73 bits per heavy atom. The summed E-state index contributed by atoms with van der Waals surface area (Å²) in [5, 5.41) is 7.42. The van der Waals surface area contributed by atoms with Crippen LogP contribution in [0.1, 0.15) is 27.7 Å². The van der Waals surface area contributed by atoms with E-state index in [1.807, 2.05) is 20.8 Å². The molecule has 0 aliphatic carbocycles. The van der Waals surface area contributed by atoms with Crippen molar-refractivity contribution in [2.75, 3.05) is 6.61 Å². The zero-order valence-corrected chi connectivity index (χ0v) is 9.61. The summed E-state index contributed by atoms with van der Waals surface area (Å²) in [5.74, 6) is -1.37. The second-order valence-corrected chi connectivity index (χ2v) is 3.95. The van der Waals surface area contributed by atoms with Crippen LogP contribution in [0.15, 0.2) is 0 Å². The van der Waals surface area contributed by atoms with Gasteiger partial charge in [-0.2, -0.15) is 0 Å². The van der Waals surface area contributed by atoms with Gasteiger partial charge >= 0.3 is 0 Å². The number of rotatable bonds is 3. The fourth-order valence-corrected chi connectivity index (χ4v) is 0.422. The molecule has 0 aliphatic rings. The highest BCUT2D eigenvalue weighted by atomic mass is 16.5. The Morgan fingerprint density at radius 3 is 1.93 bits per heavy atom. The minimum Gasteiger partial charge on any atom is -0.481 e. The molecule has 0 fully saturated rings. The molecule has 0 unspecified atom stereocenters. The van der Waals surface area contributed by atoms with Gasteiger partial charge in [-0.1, -0.05) is 0 Å². The van der Waals surface area contributed by atoms with Crippen molar-refractivity contribution in [3.8, 4) is 0 Å². The van der Waals surface area contributed by atoms with Crippen molar-refractivity contribution >= 4 is 11.9 Å². The molecular formula is C9H20N2O4. The fraction of sp³-hybridized carbons (Fsp3) is 0.778. The Hall–Kier alpha value is -1.14. The topological polar surface area (TPSA) is 116 Å². The van der Waals surface area contributed by atoms with Gasteiger partial charge in [-0.25, -0.2) is 0 Å².